The van der Waals surface area contributed by atoms with Gasteiger partial charge in [0.2, 0.25) is 17.7 Å². The molecule has 33 heavy (non-hydrogen) atoms. The van der Waals surface area contributed by atoms with Crippen molar-refractivity contribution in [2.75, 3.05) is 0 Å². The number of aromatic amines is 1. The number of hydrogen-bond acceptors (Lipinski definition) is 5. The van der Waals surface area contributed by atoms with Crippen molar-refractivity contribution in [3.8, 4) is 0 Å². The van der Waals surface area contributed by atoms with E-state index in [1.807, 2.05) is 38.1 Å². The molecule has 1 heterocycles. The molecule has 2 aromatic rings. The minimum absolute atomic E-state index is 0.126. The largest absolute Gasteiger partial charge is 0.480 e. The van der Waals surface area contributed by atoms with E-state index < -0.39 is 47.9 Å². The molecule has 4 atom stereocenters. The number of nitrogens with two attached hydrogens (primary N) is 1. The van der Waals surface area contributed by atoms with Crippen LogP contribution in [-0.4, -0.2) is 57.9 Å². The number of carbonyl (C=O) groups is 4. The normalized spacial score (nSPS) is 14.8. The monoisotopic (exact) mass is 459 g/mol. The van der Waals surface area contributed by atoms with E-state index in [1.54, 1.807) is 6.20 Å². The Bertz CT molecular complexity index is 1000. The Morgan fingerprint density at radius 3 is 2.21 bits per heavy atom. The predicted molar refractivity (Wildman–Crippen MR) is 124 cm³/mol. The lowest BCUT2D eigenvalue weighted by molar-refractivity contribution is -0.141. The van der Waals surface area contributed by atoms with Crippen LogP contribution in [0.25, 0.3) is 10.9 Å². The summed E-state index contributed by atoms with van der Waals surface area (Å²) in [5.74, 6) is -2.65. The molecule has 1 aromatic heterocycles. The Morgan fingerprint density at radius 1 is 0.939 bits per heavy atom. The van der Waals surface area contributed by atoms with Crippen LogP contribution < -0.4 is 21.7 Å². The summed E-state index contributed by atoms with van der Waals surface area (Å²) in [6, 6.07) is 3.63. The van der Waals surface area contributed by atoms with Gasteiger partial charge in [0.1, 0.15) is 18.1 Å². The van der Waals surface area contributed by atoms with E-state index in [-0.39, 0.29) is 12.3 Å². The topological polar surface area (TPSA) is 166 Å². The van der Waals surface area contributed by atoms with Crippen LogP contribution in [0.5, 0.6) is 0 Å². The van der Waals surface area contributed by atoms with E-state index in [4.69, 9.17) is 10.8 Å². The fourth-order valence-electron chi connectivity index (χ4n) is 3.40. The molecule has 0 bridgehead atoms. The second-order valence-corrected chi connectivity index (χ2v) is 8.66. The van der Waals surface area contributed by atoms with Gasteiger partial charge in [-0.1, -0.05) is 32.0 Å². The van der Waals surface area contributed by atoms with E-state index in [0.29, 0.717) is 6.42 Å². The summed E-state index contributed by atoms with van der Waals surface area (Å²) < 4.78 is 0. The second-order valence-electron chi connectivity index (χ2n) is 8.66. The smallest absolute Gasteiger partial charge is 0.325 e. The number of aliphatic carboxylic acids is 1. The van der Waals surface area contributed by atoms with Crippen LogP contribution >= 0.6 is 0 Å². The van der Waals surface area contributed by atoms with Gasteiger partial charge in [-0.3, -0.25) is 19.2 Å². The fourth-order valence-corrected chi connectivity index (χ4v) is 3.40. The number of para-hydroxylation sites is 1. The van der Waals surface area contributed by atoms with Gasteiger partial charge in [0.15, 0.2) is 0 Å². The maximum atomic E-state index is 12.8. The predicted octanol–water partition coefficient (Wildman–Crippen LogP) is 0.663. The van der Waals surface area contributed by atoms with Crippen LogP contribution in [-0.2, 0) is 25.6 Å². The van der Waals surface area contributed by atoms with Gasteiger partial charge in [-0.25, -0.2) is 0 Å². The maximum Gasteiger partial charge on any atom is 0.325 e. The van der Waals surface area contributed by atoms with Crippen LogP contribution in [0, 0.1) is 5.92 Å². The average molecular weight is 460 g/mol. The van der Waals surface area contributed by atoms with E-state index in [0.717, 1.165) is 16.5 Å². The number of nitrogens with one attached hydrogen (secondary N) is 4. The van der Waals surface area contributed by atoms with Crippen molar-refractivity contribution < 1.29 is 24.3 Å². The molecule has 0 fully saturated rings. The summed E-state index contributed by atoms with van der Waals surface area (Å²) in [7, 11) is 0. The minimum atomic E-state index is -1.19. The molecule has 0 spiro atoms. The third-order valence-electron chi connectivity index (χ3n) is 5.28. The lowest BCUT2D eigenvalue weighted by Gasteiger charge is -2.23. The molecule has 10 heteroatoms. The van der Waals surface area contributed by atoms with Crippen LogP contribution in [0.2, 0.25) is 0 Å². The Morgan fingerprint density at radius 2 is 1.58 bits per heavy atom. The van der Waals surface area contributed by atoms with Crippen molar-refractivity contribution in [2.24, 2.45) is 11.7 Å². The number of aromatic nitrogens is 1. The van der Waals surface area contributed by atoms with Gasteiger partial charge >= 0.3 is 5.97 Å². The first-order chi connectivity index (χ1) is 15.5. The van der Waals surface area contributed by atoms with Gasteiger partial charge in [0.05, 0.1) is 6.04 Å². The third kappa shape index (κ3) is 7.31. The lowest BCUT2D eigenvalue weighted by Crippen LogP contribution is -2.56. The van der Waals surface area contributed by atoms with Gasteiger partial charge in [-0.2, -0.15) is 0 Å². The minimum Gasteiger partial charge on any atom is -0.480 e. The molecule has 10 nitrogen and oxygen atoms in total. The lowest BCUT2D eigenvalue weighted by atomic mass is 10.0. The number of H-pyrrole nitrogens is 1. The number of benzene rings is 1. The zero-order chi connectivity index (χ0) is 24.7. The quantitative estimate of drug-likeness (QED) is 0.289. The highest BCUT2D eigenvalue weighted by atomic mass is 16.4. The fraction of sp³-hybridized carbons (Fsp3) is 0.478. The van der Waals surface area contributed by atoms with E-state index in [1.165, 1.54) is 13.8 Å². The van der Waals surface area contributed by atoms with Crippen LogP contribution in [0.1, 0.15) is 39.7 Å². The molecule has 0 saturated carbocycles. The highest BCUT2D eigenvalue weighted by molar-refractivity contribution is 5.94. The first-order valence-corrected chi connectivity index (χ1v) is 10.9. The first kappa shape index (κ1) is 25.9. The third-order valence-corrected chi connectivity index (χ3v) is 5.28. The number of amides is 3. The second kappa shape index (κ2) is 11.5. The number of fused-ring (bicyclic) bond motifs is 1. The number of carbonyl (C=O) groups excluding carboxylic acids is 3. The number of rotatable bonds is 11. The molecule has 2 rings (SSSR count). The standard InChI is InChI=1S/C23H33N5O5/c1-12(2)9-17(24)21(30)26-13(3)20(29)28-19(22(31)27-14(4)23(32)33)10-15-11-25-18-8-6-5-7-16(15)18/h5-8,11-14,17,19,25H,9-10,24H2,1-4H3,(H,26,30)(H,27,31)(H,28,29)(H,32,33). The highest BCUT2D eigenvalue weighted by Crippen LogP contribution is 2.19. The van der Waals surface area contributed by atoms with Gasteiger partial charge in [-0.05, 0) is 37.8 Å². The Kier molecular flexibility index (Phi) is 8.98. The average Bonchev–Trinajstić information content (AvgIpc) is 3.15. The molecule has 7 N–H and O–H groups in total. The van der Waals surface area contributed by atoms with Crippen LogP contribution in [0.4, 0.5) is 0 Å². The first-order valence-electron chi connectivity index (χ1n) is 10.9. The van der Waals surface area contributed by atoms with Gasteiger partial charge in [-0.15, -0.1) is 0 Å². The van der Waals surface area contributed by atoms with Crippen LogP contribution in [0.3, 0.4) is 0 Å². The van der Waals surface area contributed by atoms with Crippen molar-refractivity contribution in [3.63, 3.8) is 0 Å². The molecule has 180 valence electrons. The summed E-state index contributed by atoms with van der Waals surface area (Å²) in [4.78, 5) is 52.2. The number of carboxylic acid groups (broad SMARTS) is 1. The molecule has 3 amide bonds. The van der Waals surface area contributed by atoms with Gasteiger partial charge in [0.25, 0.3) is 0 Å². The van der Waals surface area contributed by atoms with E-state index in [2.05, 4.69) is 20.9 Å². The van der Waals surface area contributed by atoms with Crippen molar-refractivity contribution in [1.82, 2.24) is 20.9 Å². The Hall–Kier alpha value is -3.40. The molecular weight excluding hydrogens is 426 g/mol. The van der Waals surface area contributed by atoms with Crippen molar-refractivity contribution in [1.29, 1.82) is 0 Å². The van der Waals surface area contributed by atoms with Crippen molar-refractivity contribution in [3.05, 3.63) is 36.0 Å². The zero-order valence-corrected chi connectivity index (χ0v) is 19.3. The number of hydrogen-bond donors (Lipinski definition) is 6. The highest BCUT2D eigenvalue weighted by Gasteiger charge is 2.28. The summed E-state index contributed by atoms with van der Waals surface area (Å²) in [5, 5.41) is 17.6. The molecule has 0 radical (unpaired) electrons. The van der Waals surface area contributed by atoms with E-state index in [9.17, 15) is 19.2 Å². The van der Waals surface area contributed by atoms with Crippen molar-refractivity contribution >= 4 is 34.6 Å². The van der Waals surface area contributed by atoms with Crippen molar-refractivity contribution in [2.45, 2.75) is 64.7 Å². The molecule has 0 aliphatic carbocycles. The van der Waals surface area contributed by atoms with E-state index >= 15 is 0 Å². The van der Waals surface area contributed by atoms with Crippen LogP contribution in [0.15, 0.2) is 30.5 Å². The molecule has 1 aromatic carbocycles. The molecule has 0 saturated heterocycles. The SMILES string of the molecule is CC(C)CC(N)C(=O)NC(C)C(=O)NC(Cc1c[nH]c2ccccc12)C(=O)NC(C)C(=O)O. The summed E-state index contributed by atoms with van der Waals surface area (Å²) >= 11 is 0. The number of carboxylic acids is 1. The summed E-state index contributed by atoms with van der Waals surface area (Å²) in [5.41, 5.74) is 7.53. The maximum absolute atomic E-state index is 12.8. The molecule has 0 aliphatic heterocycles. The van der Waals surface area contributed by atoms with Gasteiger partial charge < -0.3 is 31.8 Å². The molecule has 4 unspecified atom stereocenters. The molecular formula is C23H33N5O5. The summed E-state index contributed by atoms with van der Waals surface area (Å²) in [6.45, 7) is 6.71. The summed E-state index contributed by atoms with van der Waals surface area (Å²) in [6.07, 6.45) is 2.34. The Labute approximate surface area is 192 Å². The molecule has 0 aliphatic rings. The Balaban J connectivity index is 2.15. The van der Waals surface area contributed by atoms with Gasteiger partial charge in [0, 0.05) is 23.5 Å². The zero-order valence-electron chi connectivity index (χ0n) is 19.3.